The van der Waals surface area contributed by atoms with E-state index in [0.29, 0.717) is 18.2 Å². The van der Waals surface area contributed by atoms with E-state index in [-0.39, 0.29) is 144 Å². The quantitative estimate of drug-likeness (QED) is 0.0279. The molecule has 8 aromatic rings. The van der Waals surface area contributed by atoms with Gasteiger partial charge in [-0.05, 0) is 214 Å². The summed E-state index contributed by atoms with van der Waals surface area (Å²) in [6.07, 6.45) is 38.9. The Morgan fingerprint density at radius 1 is 0.581 bits per heavy atom. The Morgan fingerprint density at radius 2 is 0.914 bits per heavy atom. The minimum atomic E-state index is -1.00. The molecule has 0 unspecified atom stereocenters. The molecule has 6 aromatic heterocycles. The summed E-state index contributed by atoms with van der Waals surface area (Å²) in [4.78, 5) is 48.5. The Balaban J connectivity index is 0.000000326. The maximum absolute atomic E-state index is 9.96. The molecule has 13 nitrogen and oxygen atoms in total. The number of hydrogen-bond donors (Lipinski definition) is 0. The van der Waals surface area contributed by atoms with Gasteiger partial charge in [0.2, 0.25) is 17.6 Å². The second-order valence-electron chi connectivity index (χ2n) is 24.1. The van der Waals surface area contributed by atoms with Crippen LogP contribution in [-0.2, 0) is 61.0 Å². The van der Waals surface area contributed by atoms with Crippen LogP contribution in [0.15, 0.2) is 79.6 Å². The Bertz CT molecular complexity index is 3290. The number of halogens is 3. The number of ether oxygens (including phenoxy) is 3. The Morgan fingerprint density at radius 3 is 1.24 bits per heavy atom. The van der Waals surface area contributed by atoms with Crippen LogP contribution < -0.4 is 122 Å². The fourth-order valence-corrected chi connectivity index (χ4v) is 17.6. The molecule has 0 amide bonds. The van der Waals surface area contributed by atoms with E-state index < -0.39 is 7.15 Å². The number of benzene rings is 2. The van der Waals surface area contributed by atoms with Crippen LogP contribution in [0.5, 0.6) is 17.6 Å². The number of hydrogen-bond acceptors (Lipinski definition) is 16. The third-order valence-corrected chi connectivity index (χ3v) is 22.7. The van der Waals surface area contributed by atoms with Crippen molar-refractivity contribution in [2.45, 2.75) is 226 Å². The molecule has 0 bridgehead atoms. The van der Waals surface area contributed by atoms with Gasteiger partial charge >= 0.3 is 103 Å². The second kappa shape index (κ2) is 45.2. The zero-order valence-electron chi connectivity index (χ0n) is 56.2. The number of carbonyl (C=O) groups excluding carboxylic acids is 1. The predicted molar refractivity (Wildman–Crippen MR) is 380 cm³/mol. The normalized spacial score (nSPS) is 19.7. The number of rotatable bonds is 17. The van der Waals surface area contributed by atoms with Crippen LogP contribution in [0.1, 0.15) is 196 Å². The maximum atomic E-state index is 9.96. The molecule has 0 N–H and O–H groups in total. The Kier molecular flexibility index (Phi) is 39.8. The van der Waals surface area contributed by atoms with E-state index in [0.717, 1.165) is 75.0 Å². The molecule has 6 aliphatic carbocycles. The van der Waals surface area contributed by atoms with E-state index in [1.807, 2.05) is 34.0 Å². The number of aryl methyl sites for hydroxylation is 8. The van der Waals surface area contributed by atoms with Gasteiger partial charge in [-0.3, -0.25) is 9.18 Å². The third kappa shape index (κ3) is 24.0. The Hall–Kier alpha value is -1.68. The van der Waals surface area contributed by atoms with Crippen LogP contribution >= 0.6 is 62.3 Å². The summed E-state index contributed by atoms with van der Waals surface area (Å²) in [5.74, 6) is 4.33. The van der Waals surface area contributed by atoms with Crippen molar-refractivity contribution in [3.8, 4) is 17.6 Å². The summed E-state index contributed by atoms with van der Waals surface area (Å²) in [7, 11) is 1.29. The molecule has 3 saturated carbocycles. The van der Waals surface area contributed by atoms with Crippen molar-refractivity contribution in [3.05, 3.63) is 122 Å². The van der Waals surface area contributed by atoms with E-state index in [2.05, 4.69) is 137 Å². The van der Waals surface area contributed by atoms with Gasteiger partial charge in [-0.15, -0.1) is 46.4 Å². The van der Waals surface area contributed by atoms with Crippen LogP contribution in [0.2, 0.25) is 0 Å². The summed E-state index contributed by atoms with van der Waals surface area (Å²) in [5.41, 5.74) is 7.26. The first kappa shape index (κ1) is 82.0. The fourth-order valence-electron chi connectivity index (χ4n) is 13.6. The molecule has 6 aliphatic rings. The van der Waals surface area contributed by atoms with Gasteiger partial charge in [-0.2, -0.15) is 0 Å². The van der Waals surface area contributed by atoms with Crippen molar-refractivity contribution in [3.63, 3.8) is 0 Å². The molecule has 0 aliphatic heterocycles. The second-order valence-corrected chi connectivity index (χ2v) is 28.1. The average molecular weight is 1470 g/mol. The first-order valence-corrected chi connectivity index (χ1v) is 36.0. The number of fused-ring (bicyclic) bond motifs is 9. The van der Waals surface area contributed by atoms with Crippen LogP contribution in [-0.4, -0.2) is 91.7 Å². The number of aromatic nitrogens is 6. The molecule has 2 aromatic carbocycles. The van der Waals surface area contributed by atoms with E-state index in [9.17, 15) is 4.39 Å². The van der Waals surface area contributed by atoms with Crippen molar-refractivity contribution in [1.82, 2.24) is 34.8 Å². The van der Waals surface area contributed by atoms with Crippen molar-refractivity contribution in [2.75, 3.05) is 26.1 Å². The van der Waals surface area contributed by atoms with Crippen molar-refractivity contribution >= 4 is 99.5 Å². The standard InChI is InChI=1S/C25H31N3OS.2C17H22N2OS.C9H11Br.CH3F.CH2O3.2CH4.ClH.2K.H/c1-28(16-6-9-18-7-3-2-4-8-18)19-12-14-20(15-13-19)29-24-23-21-10-5-11-22(21)30-25(23)27-17-26-24;2*1-2-11-6-8-12(9-7-11)20-16-15-13-4-3-5-14(13)21-17(15)19-10-18-16;10-8-4-7-9-5-2-1-3-6-9;1-2;2-1-4-3;;;;;;/h2-4,7-8,17,19-20H,5-6,9-16H2,1H3;2*10-12H,2-9H2,1H3;1-3,5-6H,4,7-8H2;1H3;1,3H;2*1H4;1H;;;/q;;;;;;;;;2*+1;-1/p-1/i;;;;1D;;;;;;;. The predicted octanol–water partition coefficient (Wildman–Crippen LogP) is 12.3. The number of carbonyl (C=O) groups is 1. The minimum Gasteiger partial charge on any atom is -1.00 e. The maximum Gasteiger partial charge on any atom is 1.00 e. The largest absolute Gasteiger partial charge is 1.00 e. The van der Waals surface area contributed by atoms with Crippen LogP contribution in [0, 0.1) is 11.8 Å². The zero-order chi connectivity index (χ0) is 62.2. The first-order chi connectivity index (χ1) is 43.7. The van der Waals surface area contributed by atoms with Crippen molar-refractivity contribution in [2.24, 2.45) is 11.8 Å². The van der Waals surface area contributed by atoms with Gasteiger partial charge in [-0.25, -0.2) is 29.9 Å². The zero-order valence-corrected chi connectivity index (χ0v) is 65.3. The van der Waals surface area contributed by atoms with E-state index in [4.69, 9.17) is 25.6 Å². The van der Waals surface area contributed by atoms with Gasteiger partial charge in [0.1, 0.15) is 51.8 Å². The van der Waals surface area contributed by atoms with E-state index >= 15 is 0 Å². The molecule has 0 atom stereocenters. The van der Waals surface area contributed by atoms with E-state index in [1.165, 1.54) is 213 Å². The van der Waals surface area contributed by atoms with Crippen molar-refractivity contribution < 1.29 is 139 Å². The van der Waals surface area contributed by atoms with Gasteiger partial charge < -0.3 is 30.7 Å². The van der Waals surface area contributed by atoms with Crippen LogP contribution in [0.25, 0.3) is 30.6 Å². The van der Waals surface area contributed by atoms with Crippen LogP contribution in [0.3, 0.4) is 0 Å². The number of alkyl halides is 2. The SMILES string of the molecule is BrCCCc1ccccc1.C.C.CCC1CCC(Oc2ncnc3sc4c(c23)CCC4)CC1.CCC1CCC(Oc2ncnc3sc4c(c23)CCC4)CC1.CN(CCCc1ccccc1)C1CCC(Oc2ncnc3sc4c(c23)CCC4)CC1.Cl.O=CO[O-].[2H]CF.[H-].[K+].[K+]. The van der Waals surface area contributed by atoms with Gasteiger partial charge in [0.25, 0.3) is 6.47 Å². The molecule has 21 heteroatoms. The molecule has 6 heterocycles. The first-order valence-electron chi connectivity index (χ1n) is 33.1. The van der Waals surface area contributed by atoms with Gasteiger partial charge in [-0.1, -0.05) is 118 Å². The Labute approximate surface area is 668 Å². The van der Waals surface area contributed by atoms with Gasteiger partial charge in [0, 0.05) is 26.0 Å². The molecule has 14 rings (SSSR count). The van der Waals surface area contributed by atoms with Crippen LogP contribution in [0.4, 0.5) is 4.39 Å². The smallest absolute Gasteiger partial charge is 1.00 e. The molecule has 3 fully saturated rings. The summed E-state index contributed by atoms with van der Waals surface area (Å²) in [6, 6.07) is 22.1. The third-order valence-electron chi connectivity index (χ3n) is 18.5. The molecule has 500 valence electrons. The summed E-state index contributed by atoms with van der Waals surface area (Å²) >= 11 is 8.91. The molecule has 0 saturated heterocycles. The molecule has 0 radical (unpaired) electrons. The average Bonchev–Trinajstić information content (AvgIpc) is 1.65. The van der Waals surface area contributed by atoms with Gasteiger partial charge in [0.15, 0.2) is 0 Å². The monoisotopic (exact) mass is 1470 g/mol. The fraction of sp³-hybridized carbons (Fsp3) is 0.569. The summed E-state index contributed by atoms with van der Waals surface area (Å²) in [6.45, 7) is 5.58. The molecule has 0 spiro atoms. The molecular formula is C72H100BrClFK2N7O6S3. The topological polar surface area (TPSA) is 158 Å². The number of nitrogens with zero attached hydrogens (tertiary/aromatic N) is 7. The molecule has 93 heavy (non-hydrogen) atoms. The summed E-state index contributed by atoms with van der Waals surface area (Å²) in [5, 5.41) is 13.2. The van der Waals surface area contributed by atoms with E-state index in [1.54, 1.807) is 19.0 Å². The minimum absolute atomic E-state index is 0. The summed E-state index contributed by atoms with van der Waals surface area (Å²) < 4.78 is 34.6. The molecular weight excluding hydrogens is 1370 g/mol. The van der Waals surface area contributed by atoms with Gasteiger partial charge in [0.05, 0.1) is 24.7 Å². The number of thiophene rings is 3. The van der Waals surface area contributed by atoms with Crippen molar-refractivity contribution in [1.29, 1.82) is 0 Å².